The van der Waals surface area contributed by atoms with Gasteiger partial charge in [0.2, 0.25) is 0 Å². The number of anilines is 1. The highest BCUT2D eigenvalue weighted by molar-refractivity contribution is 6.30. The highest BCUT2D eigenvalue weighted by Crippen LogP contribution is 2.10. The molecule has 1 rings (SSSR count). The third kappa shape index (κ3) is 5.70. The summed E-state index contributed by atoms with van der Waals surface area (Å²) in [6.45, 7) is 3.50. The number of hydrogen-bond donors (Lipinski definition) is 1. The van der Waals surface area contributed by atoms with Gasteiger partial charge in [0.1, 0.15) is 5.82 Å². The van der Waals surface area contributed by atoms with E-state index >= 15 is 0 Å². The van der Waals surface area contributed by atoms with Crippen molar-refractivity contribution in [2.75, 3.05) is 5.32 Å². The summed E-state index contributed by atoms with van der Waals surface area (Å²) in [5.41, 5.74) is 0. The second kappa shape index (κ2) is 7.74. The van der Waals surface area contributed by atoms with Crippen LogP contribution < -0.4 is 5.32 Å². The Bertz CT molecular complexity index is 434. The predicted molar refractivity (Wildman–Crippen MR) is 73.0 cm³/mol. The molecule has 0 saturated carbocycles. The lowest BCUT2D eigenvalue weighted by molar-refractivity contribution is -0.153. The molecule has 0 saturated heterocycles. The van der Waals surface area contributed by atoms with Crippen LogP contribution in [0.5, 0.6) is 0 Å². The summed E-state index contributed by atoms with van der Waals surface area (Å²) in [6, 6.07) is 3.19. The van der Waals surface area contributed by atoms with Crippen LogP contribution in [0.1, 0.15) is 33.1 Å². The number of pyridine rings is 1. The van der Waals surface area contributed by atoms with E-state index in [1.165, 1.54) is 13.1 Å². The summed E-state index contributed by atoms with van der Waals surface area (Å²) in [5.74, 6) is -0.418. The molecule has 0 aliphatic carbocycles. The van der Waals surface area contributed by atoms with Gasteiger partial charge in [0.05, 0.1) is 5.02 Å². The predicted octanol–water partition coefficient (Wildman–Crippen LogP) is 2.80. The Hall–Kier alpha value is -1.62. The second-order valence-electron chi connectivity index (χ2n) is 4.09. The molecule has 1 aromatic rings. The number of nitrogens with one attached hydrogen (secondary N) is 1. The Morgan fingerprint density at radius 1 is 1.47 bits per heavy atom. The normalized spacial score (nSPS) is 11.7. The lowest BCUT2D eigenvalue weighted by Gasteiger charge is -2.12. The number of carbonyl (C=O) groups excluding carboxylic acids is 2. The molecular weight excluding hydrogens is 268 g/mol. The number of carbonyl (C=O) groups is 2. The maximum absolute atomic E-state index is 11.7. The zero-order valence-electron chi connectivity index (χ0n) is 11.0. The molecule has 1 N–H and O–H groups in total. The monoisotopic (exact) mass is 284 g/mol. The fourth-order valence-electron chi connectivity index (χ4n) is 1.31. The topological polar surface area (TPSA) is 68.3 Å². The molecule has 19 heavy (non-hydrogen) atoms. The van der Waals surface area contributed by atoms with Crippen molar-refractivity contribution in [3.63, 3.8) is 0 Å². The van der Waals surface area contributed by atoms with Gasteiger partial charge in [-0.3, -0.25) is 9.59 Å². The van der Waals surface area contributed by atoms with Gasteiger partial charge in [-0.25, -0.2) is 4.98 Å². The Labute approximate surface area is 117 Å². The first kappa shape index (κ1) is 15.4. The molecule has 104 valence electrons. The molecule has 0 aliphatic heterocycles. The smallest absolute Gasteiger partial charge is 0.306 e. The van der Waals surface area contributed by atoms with E-state index in [1.54, 1.807) is 12.1 Å². The zero-order valence-corrected chi connectivity index (χ0v) is 11.7. The average Bonchev–Trinajstić information content (AvgIpc) is 2.39. The number of esters is 1. The Morgan fingerprint density at radius 2 is 2.21 bits per heavy atom. The van der Waals surface area contributed by atoms with Crippen LogP contribution in [0.4, 0.5) is 5.82 Å². The number of amides is 1. The third-order valence-electron chi connectivity index (χ3n) is 2.39. The van der Waals surface area contributed by atoms with Gasteiger partial charge in [0.25, 0.3) is 5.91 Å². The van der Waals surface area contributed by atoms with Crippen molar-refractivity contribution < 1.29 is 14.3 Å². The fourth-order valence-corrected chi connectivity index (χ4v) is 1.42. The minimum absolute atomic E-state index is 0.327. The summed E-state index contributed by atoms with van der Waals surface area (Å²) < 4.78 is 5.01. The standard InChI is InChI=1S/C13H17ClN2O3/c1-3-4-5-12(17)19-9(2)13(18)16-11-7-6-10(14)8-15-11/h6-9H,3-5H2,1-2H3,(H,15,16,18). The molecule has 0 bridgehead atoms. The van der Waals surface area contributed by atoms with E-state index in [0.29, 0.717) is 17.3 Å². The summed E-state index contributed by atoms with van der Waals surface area (Å²) in [6.07, 6.45) is 2.57. The number of unbranched alkanes of at least 4 members (excludes halogenated alkanes) is 1. The van der Waals surface area contributed by atoms with Crippen LogP contribution >= 0.6 is 11.6 Å². The van der Waals surface area contributed by atoms with E-state index in [9.17, 15) is 9.59 Å². The molecule has 1 unspecified atom stereocenters. The molecule has 1 atom stereocenters. The van der Waals surface area contributed by atoms with Crippen molar-refractivity contribution in [1.82, 2.24) is 4.98 Å². The molecule has 0 aliphatic rings. The minimum atomic E-state index is -0.846. The molecule has 5 nitrogen and oxygen atoms in total. The molecule has 6 heteroatoms. The molecule has 0 spiro atoms. The lowest BCUT2D eigenvalue weighted by atomic mass is 10.2. The first-order valence-electron chi connectivity index (χ1n) is 6.14. The second-order valence-corrected chi connectivity index (χ2v) is 4.52. The molecular formula is C13H17ClN2O3. The van der Waals surface area contributed by atoms with Gasteiger partial charge in [-0.05, 0) is 25.5 Å². The highest BCUT2D eigenvalue weighted by Gasteiger charge is 2.17. The quantitative estimate of drug-likeness (QED) is 0.816. The molecule has 1 amide bonds. The van der Waals surface area contributed by atoms with Gasteiger partial charge in [0, 0.05) is 12.6 Å². The number of ether oxygens (including phenoxy) is 1. The summed E-state index contributed by atoms with van der Waals surface area (Å²) in [4.78, 5) is 27.0. The Morgan fingerprint density at radius 3 is 2.79 bits per heavy atom. The van der Waals surface area contributed by atoms with Crippen LogP contribution in [0.3, 0.4) is 0 Å². The lowest BCUT2D eigenvalue weighted by Crippen LogP contribution is -2.30. The summed E-state index contributed by atoms with van der Waals surface area (Å²) in [7, 11) is 0. The summed E-state index contributed by atoms with van der Waals surface area (Å²) in [5, 5.41) is 3.03. The Balaban J connectivity index is 2.44. The van der Waals surface area contributed by atoms with Crippen molar-refractivity contribution in [1.29, 1.82) is 0 Å². The van der Waals surface area contributed by atoms with Crippen LogP contribution in [0, 0.1) is 0 Å². The first-order chi connectivity index (χ1) is 9.02. The van der Waals surface area contributed by atoms with Gasteiger partial charge in [-0.1, -0.05) is 24.9 Å². The number of nitrogens with zero attached hydrogens (tertiary/aromatic N) is 1. The maximum atomic E-state index is 11.7. The number of halogens is 1. The SMILES string of the molecule is CCCCC(=O)OC(C)C(=O)Nc1ccc(Cl)cn1. The van der Waals surface area contributed by atoms with Crippen LogP contribution in [-0.4, -0.2) is 23.0 Å². The van der Waals surface area contributed by atoms with Gasteiger partial charge >= 0.3 is 5.97 Å². The van der Waals surface area contributed by atoms with E-state index < -0.39 is 12.0 Å². The summed E-state index contributed by atoms with van der Waals surface area (Å²) >= 11 is 5.68. The van der Waals surface area contributed by atoms with Crippen LogP contribution in [-0.2, 0) is 14.3 Å². The maximum Gasteiger partial charge on any atom is 0.306 e. The van der Waals surface area contributed by atoms with E-state index in [1.807, 2.05) is 6.92 Å². The first-order valence-corrected chi connectivity index (χ1v) is 6.52. The van der Waals surface area contributed by atoms with Gasteiger partial charge < -0.3 is 10.1 Å². The Kier molecular flexibility index (Phi) is 6.29. The number of aromatic nitrogens is 1. The number of hydrogen-bond acceptors (Lipinski definition) is 4. The van der Waals surface area contributed by atoms with Gasteiger partial charge in [-0.15, -0.1) is 0 Å². The molecule has 0 fully saturated rings. The minimum Gasteiger partial charge on any atom is -0.453 e. The van der Waals surface area contributed by atoms with Crippen molar-refractivity contribution in [2.45, 2.75) is 39.2 Å². The molecule has 0 aromatic carbocycles. The molecule has 1 aromatic heterocycles. The van der Waals surface area contributed by atoms with Crippen molar-refractivity contribution in [2.24, 2.45) is 0 Å². The molecule has 0 radical (unpaired) electrons. The molecule has 1 heterocycles. The van der Waals surface area contributed by atoms with Crippen LogP contribution in [0.15, 0.2) is 18.3 Å². The van der Waals surface area contributed by atoms with E-state index in [0.717, 1.165) is 12.8 Å². The van der Waals surface area contributed by atoms with E-state index in [2.05, 4.69) is 10.3 Å². The van der Waals surface area contributed by atoms with Gasteiger partial charge in [-0.2, -0.15) is 0 Å². The van der Waals surface area contributed by atoms with E-state index in [-0.39, 0.29) is 5.97 Å². The van der Waals surface area contributed by atoms with Crippen molar-refractivity contribution >= 4 is 29.3 Å². The average molecular weight is 285 g/mol. The zero-order chi connectivity index (χ0) is 14.3. The van der Waals surface area contributed by atoms with Crippen LogP contribution in [0.25, 0.3) is 0 Å². The fraction of sp³-hybridized carbons (Fsp3) is 0.462. The van der Waals surface area contributed by atoms with Gasteiger partial charge in [0.15, 0.2) is 6.10 Å². The van der Waals surface area contributed by atoms with Crippen molar-refractivity contribution in [3.8, 4) is 0 Å². The van der Waals surface area contributed by atoms with Crippen LogP contribution in [0.2, 0.25) is 5.02 Å². The largest absolute Gasteiger partial charge is 0.453 e. The van der Waals surface area contributed by atoms with E-state index in [4.69, 9.17) is 16.3 Å². The van der Waals surface area contributed by atoms with Crippen molar-refractivity contribution in [3.05, 3.63) is 23.4 Å². The third-order valence-corrected chi connectivity index (χ3v) is 2.61. The number of rotatable bonds is 6. The highest BCUT2D eigenvalue weighted by atomic mass is 35.5.